The highest BCUT2D eigenvalue weighted by Crippen LogP contribution is 2.22. The van der Waals surface area contributed by atoms with Gasteiger partial charge in [0.15, 0.2) is 6.61 Å². The number of alkyl halides is 2. The smallest absolute Gasteiger partial charge is 0.387 e. The highest BCUT2D eigenvalue weighted by atomic mass is 19.3. The number of carbonyl (C=O) groups excluding carboxylic acids is 1. The number of nitrogens with one attached hydrogen (secondary N) is 1. The monoisotopic (exact) mass is 375 g/mol. The number of anilines is 1. The highest BCUT2D eigenvalue weighted by Gasteiger charge is 2.08. The van der Waals surface area contributed by atoms with Crippen LogP contribution in [0.25, 0.3) is 11.0 Å². The largest absolute Gasteiger partial charge is 0.484 e. The molecule has 1 aromatic heterocycles. The van der Waals surface area contributed by atoms with E-state index < -0.39 is 18.1 Å². The van der Waals surface area contributed by atoms with E-state index in [0.717, 1.165) is 10.9 Å². The molecular formula is C19H15F2NO5. The third-order valence-corrected chi connectivity index (χ3v) is 3.66. The number of amides is 1. The van der Waals surface area contributed by atoms with Crippen molar-refractivity contribution in [2.75, 3.05) is 11.9 Å². The molecule has 8 heteroatoms. The van der Waals surface area contributed by atoms with Crippen LogP contribution in [0.2, 0.25) is 0 Å². The number of hydrogen-bond acceptors (Lipinski definition) is 5. The van der Waals surface area contributed by atoms with Gasteiger partial charge in [-0.05, 0) is 48.9 Å². The lowest BCUT2D eigenvalue weighted by molar-refractivity contribution is -0.118. The second kappa shape index (κ2) is 7.86. The van der Waals surface area contributed by atoms with E-state index in [1.807, 2.05) is 0 Å². The first-order valence-corrected chi connectivity index (χ1v) is 7.93. The standard InChI is InChI=1S/C19H15F2NO5/c1-11-8-18(24)27-16-9-14(6-7-15(11)16)25-10-17(23)22-12-2-4-13(5-3-12)26-19(20)21/h2-9,19H,10H2,1H3,(H,22,23). The molecule has 0 unspecified atom stereocenters. The number of fused-ring (bicyclic) bond motifs is 1. The fraction of sp³-hybridized carbons (Fsp3) is 0.158. The van der Waals surface area contributed by atoms with Crippen LogP contribution in [0.4, 0.5) is 14.5 Å². The molecule has 0 fully saturated rings. The van der Waals surface area contributed by atoms with E-state index in [2.05, 4.69) is 10.1 Å². The maximum atomic E-state index is 12.1. The lowest BCUT2D eigenvalue weighted by atomic mass is 10.1. The quantitative estimate of drug-likeness (QED) is 0.665. The molecule has 1 amide bonds. The summed E-state index contributed by atoms with van der Waals surface area (Å²) in [5, 5.41) is 3.34. The van der Waals surface area contributed by atoms with Gasteiger partial charge >= 0.3 is 12.2 Å². The van der Waals surface area contributed by atoms with Gasteiger partial charge in [-0.3, -0.25) is 4.79 Å². The fourth-order valence-electron chi connectivity index (χ4n) is 2.46. The van der Waals surface area contributed by atoms with Gasteiger partial charge in [0.05, 0.1) is 0 Å². The van der Waals surface area contributed by atoms with E-state index in [9.17, 15) is 18.4 Å². The van der Waals surface area contributed by atoms with Crippen molar-refractivity contribution in [2.24, 2.45) is 0 Å². The Morgan fingerprint density at radius 3 is 2.52 bits per heavy atom. The Kier molecular flexibility index (Phi) is 5.35. The SMILES string of the molecule is Cc1cc(=O)oc2cc(OCC(=O)Nc3ccc(OC(F)F)cc3)ccc12. The number of rotatable bonds is 6. The topological polar surface area (TPSA) is 77.8 Å². The van der Waals surface area contributed by atoms with Gasteiger partial charge in [-0.15, -0.1) is 0 Å². The molecular weight excluding hydrogens is 360 g/mol. The molecule has 2 aromatic carbocycles. The molecule has 0 saturated heterocycles. The predicted molar refractivity (Wildman–Crippen MR) is 94.4 cm³/mol. The maximum Gasteiger partial charge on any atom is 0.387 e. The summed E-state index contributed by atoms with van der Waals surface area (Å²) < 4.78 is 39.0. The first kappa shape index (κ1) is 18.4. The Balaban J connectivity index is 1.60. The number of aryl methyl sites for hydroxylation is 1. The van der Waals surface area contributed by atoms with Gasteiger partial charge in [0.25, 0.3) is 5.91 Å². The van der Waals surface area contributed by atoms with Gasteiger partial charge in [-0.2, -0.15) is 8.78 Å². The maximum absolute atomic E-state index is 12.1. The molecule has 140 valence electrons. The fourth-order valence-corrected chi connectivity index (χ4v) is 2.46. The minimum Gasteiger partial charge on any atom is -0.484 e. The number of carbonyl (C=O) groups is 1. The predicted octanol–water partition coefficient (Wildman–Crippen LogP) is 3.72. The first-order valence-electron chi connectivity index (χ1n) is 7.93. The molecule has 0 aliphatic heterocycles. The highest BCUT2D eigenvalue weighted by molar-refractivity contribution is 5.92. The van der Waals surface area contributed by atoms with Gasteiger partial charge in [0.2, 0.25) is 0 Å². The summed E-state index contributed by atoms with van der Waals surface area (Å²) in [7, 11) is 0. The third-order valence-electron chi connectivity index (χ3n) is 3.66. The normalized spacial score (nSPS) is 10.8. The Labute approximate surface area is 152 Å². The van der Waals surface area contributed by atoms with Crippen LogP contribution >= 0.6 is 0 Å². The van der Waals surface area contributed by atoms with Crippen molar-refractivity contribution >= 4 is 22.6 Å². The molecule has 0 radical (unpaired) electrons. The lowest BCUT2D eigenvalue weighted by Crippen LogP contribution is -2.20. The minimum absolute atomic E-state index is 0.00722. The van der Waals surface area contributed by atoms with Crippen LogP contribution in [0.1, 0.15) is 5.56 Å². The average Bonchev–Trinajstić information content (AvgIpc) is 2.61. The zero-order valence-corrected chi connectivity index (χ0v) is 14.2. The van der Waals surface area contributed by atoms with Crippen molar-refractivity contribution < 1.29 is 27.5 Å². The van der Waals surface area contributed by atoms with Crippen molar-refractivity contribution in [3.8, 4) is 11.5 Å². The average molecular weight is 375 g/mol. The van der Waals surface area contributed by atoms with Crippen LogP contribution in [-0.4, -0.2) is 19.1 Å². The summed E-state index contributed by atoms with van der Waals surface area (Å²) in [6.45, 7) is -1.39. The van der Waals surface area contributed by atoms with Gasteiger partial charge in [-0.1, -0.05) is 0 Å². The van der Waals surface area contributed by atoms with E-state index in [1.54, 1.807) is 19.1 Å². The molecule has 0 bridgehead atoms. The first-order chi connectivity index (χ1) is 12.9. The van der Waals surface area contributed by atoms with Gasteiger partial charge in [0.1, 0.15) is 17.1 Å². The van der Waals surface area contributed by atoms with Crippen LogP contribution in [0.3, 0.4) is 0 Å². The van der Waals surface area contributed by atoms with Crippen molar-refractivity contribution in [3.63, 3.8) is 0 Å². The van der Waals surface area contributed by atoms with E-state index in [-0.39, 0.29) is 12.4 Å². The molecule has 0 saturated carbocycles. The molecule has 1 heterocycles. The number of benzene rings is 2. The molecule has 6 nitrogen and oxygen atoms in total. The van der Waals surface area contributed by atoms with Crippen LogP contribution < -0.4 is 20.4 Å². The summed E-state index contributed by atoms with van der Waals surface area (Å²) in [5.74, 6) is -0.0809. The Morgan fingerprint density at radius 2 is 1.81 bits per heavy atom. The van der Waals surface area contributed by atoms with E-state index >= 15 is 0 Å². The van der Waals surface area contributed by atoms with E-state index in [4.69, 9.17) is 9.15 Å². The summed E-state index contributed by atoms with van der Waals surface area (Å²) in [4.78, 5) is 23.4. The van der Waals surface area contributed by atoms with Gasteiger partial charge in [0, 0.05) is 23.2 Å². The van der Waals surface area contributed by atoms with Crippen molar-refractivity contribution in [1.29, 1.82) is 0 Å². The van der Waals surface area contributed by atoms with E-state index in [0.29, 0.717) is 17.0 Å². The third kappa shape index (κ3) is 4.81. The lowest BCUT2D eigenvalue weighted by Gasteiger charge is -2.09. The molecule has 0 aliphatic rings. The van der Waals surface area contributed by atoms with Crippen LogP contribution in [0.5, 0.6) is 11.5 Å². The van der Waals surface area contributed by atoms with E-state index in [1.165, 1.54) is 36.4 Å². The second-order valence-corrected chi connectivity index (χ2v) is 5.65. The van der Waals surface area contributed by atoms with Crippen LogP contribution in [-0.2, 0) is 4.79 Å². The van der Waals surface area contributed by atoms with Gasteiger partial charge < -0.3 is 19.2 Å². The second-order valence-electron chi connectivity index (χ2n) is 5.65. The van der Waals surface area contributed by atoms with Crippen molar-refractivity contribution in [2.45, 2.75) is 13.5 Å². The molecule has 0 spiro atoms. The van der Waals surface area contributed by atoms with Crippen LogP contribution in [0.15, 0.2) is 57.7 Å². The summed E-state index contributed by atoms with van der Waals surface area (Å²) >= 11 is 0. The van der Waals surface area contributed by atoms with Gasteiger partial charge in [-0.25, -0.2) is 4.79 Å². The van der Waals surface area contributed by atoms with Crippen molar-refractivity contribution in [1.82, 2.24) is 0 Å². The molecule has 1 N–H and O–H groups in total. The summed E-state index contributed by atoms with van der Waals surface area (Å²) in [5.41, 5.74) is 1.09. The zero-order valence-electron chi connectivity index (χ0n) is 14.2. The zero-order chi connectivity index (χ0) is 19.4. The Hall–Kier alpha value is -3.42. The molecule has 27 heavy (non-hydrogen) atoms. The summed E-state index contributed by atoms with van der Waals surface area (Å²) in [6, 6.07) is 11.8. The summed E-state index contributed by atoms with van der Waals surface area (Å²) in [6.07, 6.45) is 0. The minimum atomic E-state index is -2.91. The van der Waals surface area contributed by atoms with Crippen LogP contribution in [0, 0.1) is 6.92 Å². The molecule has 0 aliphatic carbocycles. The molecule has 3 rings (SSSR count). The number of halogens is 2. The molecule has 3 aromatic rings. The number of ether oxygens (including phenoxy) is 2. The Bertz CT molecular complexity index is 1010. The van der Waals surface area contributed by atoms with Crippen molar-refractivity contribution in [3.05, 3.63) is 64.5 Å². The number of hydrogen-bond donors (Lipinski definition) is 1. The Morgan fingerprint density at radius 1 is 1.11 bits per heavy atom. The molecule has 0 atom stereocenters.